The first-order chi connectivity index (χ1) is 10.8. The summed E-state index contributed by atoms with van der Waals surface area (Å²) >= 11 is 0. The van der Waals surface area contributed by atoms with Gasteiger partial charge in [-0.2, -0.15) is 4.31 Å². The van der Waals surface area contributed by atoms with Crippen LogP contribution in [-0.4, -0.2) is 50.8 Å². The first-order valence-corrected chi connectivity index (χ1v) is 10.1. The van der Waals surface area contributed by atoms with Crippen LogP contribution in [0.15, 0.2) is 23.1 Å². The number of rotatable bonds is 5. The maximum Gasteiger partial charge on any atom is 0.243 e. The largest absolute Gasteiger partial charge is 0.305 e. The van der Waals surface area contributed by atoms with Crippen LogP contribution in [0.4, 0.5) is 0 Å². The van der Waals surface area contributed by atoms with Gasteiger partial charge in [0.25, 0.3) is 0 Å². The molecule has 0 N–H and O–H groups in total. The summed E-state index contributed by atoms with van der Waals surface area (Å²) in [7, 11) is -1.34. The van der Waals surface area contributed by atoms with Gasteiger partial charge in [-0.25, -0.2) is 8.42 Å². The number of sulfonamides is 1. The molecule has 23 heavy (non-hydrogen) atoms. The molecule has 1 fully saturated rings. The standard InChI is InChI=1S/C18H30N2O2S/c1-5-16-7-8-18(14-17(16)13-15(2)3)23(21,22)20-10-6-9-19(4)11-12-20/h7-8,14-15H,5-6,9-13H2,1-4H3. The van der Waals surface area contributed by atoms with Crippen molar-refractivity contribution in [1.29, 1.82) is 0 Å². The van der Waals surface area contributed by atoms with E-state index in [2.05, 4.69) is 25.7 Å². The Balaban J connectivity index is 2.31. The van der Waals surface area contributed by atoms with Gasteiger partial charge < -0.3 is 4.90 Å². The van der Waals surface area contributed by atoms with Gasteiger partial charge in [0, 0.05) is 19.6 Å². The van der Waals surface area contributed by atoms with E-state index >= 15 is 0 Å². The van der Waals surface area contributed by atoms with Gasteiger partial charge in [-0.15, -0.1) is 0 Å². The van der Waals surface area contributed by atoms with Crippen molar-refractivity contribution in [2.45, 2.75) is 44.9 Å². The van der Waals surface area contributed by atoms with Crippen LogP contribution in [0.1, 0.15) is 38.3 Å². The summed E-state index contributed by atoms with van der Waals surface area (Å²) in [5, 5.41) is 0. The van der Waals surface area contributed by atoms with E-state index in [4.69, 9.17) is 0 Å². The van der Waals surface area contributed by atoms with Crippen molar-refractivity contribution < 1.29 is 8.42 Å². The summed E-state index contributed by atoms with van der Waals surface area (Å²) in [4.78, 5) is 2.65. The summed E-state index contributed by atoms with van der Waals surface area (Å²) in [6.45, 7) is 9.41. The molecule has 1 aliphatic heterocycles. The Bertz CT molecular complexity index is 626. The molecule has 1 aromatic carbocycles. The van der Waals surface area contributed by atoms with Crippen LogP contribution < -0.4 is 0 Å². The maximum atomic E-state index is 13.0. The zero-order chi connectivity index (χ0) is 17.0. The molecule has 4 nitrogen and oxygen atoms in total. The molecule has 0 amide bonds. The highest BCUT2D eigenvalue weighted by Crippen LogP contribution is 2.23. The van der Waals surface area contributed by atoms with E-state index in [1.54, 1.807) is 10.4 Å². The van der Waals surface area contributed by atoms with E-state index in [9.17, 15) is 8.42 Å². The Hall–Kier alpha value is -0.910. The van der Waals surface area contributed by atoms with Gasteiger partial charge >= 0.3 is 0 Å². The second-order valence-electron chi connectivity index (χ2n) is 6.94. The molecule has 1 aromatic rings. The molecule has 1 heterocycles. The number of nitrogens with zero attached hydrogens (tertiary/aromatic N) is 2. The van der Waals surface area contributed by atoms with Gasteiger partial charge in [-0.05, 0) is 62.0 Å². The van der Waals surface area contributed by atoms with Crippen molar-refractivity contribution in [3.05, 3.63) is 29.3 Å². The van der Waals surface area contributed by atoms with Crippen molar-refractivity contribution in [1.82, 2.24) is 9.21 Å². The SMILES string of the molecule is CCc1ccc(S(=O)(=O)N2CCCN(C)CC2)cc1CC(C)C. The highest BCUT2D eigenvalue weighted by molar-refractivity contribution is 7.89. The maximum absolute atomic E-state index is 13.0. The molecule has 0 bridgehead atoms. The molecule has 5 heteroatoms. The topological polar surface area (TPSA) is 40.6 Å². The lowest BCUT2D eigenvalue weighted by atomic mass is 9.97. The molecule has 0 aliphatic carbocycles. The van der Waals surface area contributed by atoms with Crippen molar-refractivity contribution in [2.75, 3.05) is 33.2 Å². The van der Waals surface area contributed by atoms with Crippen LogP contribution in [0.3, 0.4) is 0 Å². The van der Waals surface area contributed by atoms with Gasteiger partial charge in [0.15, 0.2) is 0 Å². The second-order valence-corrected chi connectivity index (χ2v) is 8.88. The fraction of sp³-hybridized carbons (Fsp3) is 0.667. The summed E-state index contributed by atoms with van der Waals surface area (Å²) in [5.74, 6) is 0.519. The number of hydrogen-bond donors (Lipinski definition) is 0. The molecule has 0 unspecified atom stereocenters. The Morgan fingerprint density at radius 3 is 2.48 bits per heavy atom. The molecule has 1 saturated heterocycles. The predicted molar refractivity (Wildman–Crippen MR) is 95.2 cm³/mol. The third kappa shape index (κ3) is 4.55. The molecule has 0 atom stereocenters. The molecular formula is C18H30N2O2S. The monoisotopic (exact) mass is 338 g/mol. The minimum absolute atomic E-state index is 0.454. The lowest BCUT2D eigenvalue weighted by molar-refractivity contribution is 0.347. The normalized spacial score (nSPS) is 18.3. The summed E-state index contributed by atoms with van der Waals surface area (Å²) < 4.78 is 27.6. The molecule has 0 spiro atoms. The third-order valence-electron chi connectivity index (χ3n) is 4.50. The van der Waals surface area contributed by atoms with Crippen LogP contribution >= 0.6 is 0 Å². The van der Waals surface area contributed by atoms with Gasteiger partial charge in [0.05, 0.1) is 4.90 Å². The van der Waals surface area contributed by atoms with Crippen LogP contribution in [0.2, 0.25) is 0 Å². The smallest absolute Gasteiger partial charge is 0.243 e. The Kier molecular flexibility index (Phi) is 6.23. The molecular weight excluding hydrogens is 308 g/mol. The van der Waals surface area contributed by atoms with Gasteiger partial charge in [-0.3, -0.25) is 0 Å². The van der Waals surface area contributed by atoms with E-state index < -0.39 is 10.0 Å². The highest BCUT2D eigenvalue weighted by atomic mass is 32.2. The van der Waals surface area contributed by atoms with Crippen molar-refractivity contribution in [3.63, 3.8) is 0 Å². The lowest BCUT2D eigenvalue weighted by Crippen LogP contribution is -2.34. The molecule has 0 aromatic heterocycles. The average Bonchev–Trinajstić information content (AvgIpc) is 2.71. The van der Waals surface area contributed by atoms with Crippen LogP contribution in [-0.2, 0) is 22.9 Å². The van der Waals surface area contributed by atoms with Crippen LogP contribution in [0, 0.1) is 5.92 Å². The highest BCUT2D eigenvalue weighted by Gasteiger charge is 2.26. The molecule has 1 aliphatic rings. The Morgan fingerprint density at radius 1 is 1.09 bits per heavy atom. The number of aryl methyl sites for hydroxylation is 1. The molecule has 2 rings (SSSR count). The zero-order valence-electron chi connectivity index (χ0n) is 14.9. The first kappa shape index (κ1) is 18.4. The number of likely N-dealkylation sites (N-methyl/N-ethyl adjacent to an activating group) is 1. The quantitative estimate of drug-likeness (QED) is 0.829. The van der Waals surface area contributed by atoms with E-state index in [0.29, 0.717) is 23.9 Å². The Morgan fingerprint density at radius 2 is 1.83 bits per heavy atom. The van der Waals surface area contributed by atoms with Gasteiger partial charge in [0.1, 0.15) is 0 Å². The minimum atomic E-state index is -3.39. The molecule has 130 valence electrons. The van der Waals surface area contributed by atoms with E-state index in [-0.39, 0.29) is 0 Å². The van der Waals surface area contributed by atoms with Gasteiger partial charge in [0.2, 0.25) is 10.0 Å². The second kappa shape index (κ2) is 7.77. The van der Waals surface area contributed by atoms with Crippen LogP contribution in [0.5, 0.6) is 0 Å². The summed E-state index contributed by atoms with van der Waals surface area (Å²) in [6, 6.07) is 5.68. The minimum Gasteiger partial charge on any atom is -0.305 e. The lowest BCUT2D eigenvalue weighted by Gasteiger charge is -2.21. The number of hydrogen-bond acceptors (Lipinski definition) is 3. The van der Waals surface area contributed by atoms with Crippen molar-refractivity contribution >= 4 is 10.0 Å². The fourth-order valence-electron chi connectivity index (χ4n) is 3.15. The molecule has 0 saturated carbocycles. The van der Waals surface area contributed by atoms with E-state index in [1.807, 2.05) is 19.2 Å². The zero-order valence-corrected chi connectivity index (χ0v) is 15.7. The first-order valence-electron chi connectivity index (χ1n) is 8.65. The molecule has 0 radical (unpaired) electrons. The number of benzene rings is 1. The fourth-order valence-corrected chi connectivity index (χ4v) is 4.67. The third-order valence-corrected chi connectivity index (χ3v) is 6.40. The van der Waals surface area contributed by atoms with Crippen LogP contribution in [0.25, 0.3) is 0 Å². The van der Waals surface area contributed by atoms with Crippen molar-refractivity contribution in [2.24, 2.45) is 5.92 Å². The average molecular weight is 339 g/mol. The summed E-state index contributed by atoms with van der Waals surface area (Å²) in [6.07, 6.45) is 2.76. The summed E-state index contributed by atoms with van der Waals surface area (Å²) in [5.41, 5.74) is 2.43. The van der Waals surface area contributed by atoms with E-state index in [1.165, 1.54) is 11.1 Å². The predicted octanol–water partition coefficient (Wildman–Crippen LogP) is 2.77. The van der Waals surface area contributed by atoms with Crippen molar-refractivity contribution in [3.8, 4) is 0 Å². The van der Waals surface area contributed by atoms with E-state index in [0.717, 1.165) is 32.4 Å². The van der Waals surface area contributed by atoms with Gasteiger partial charge in [-0.1, -0.05) is 26.8 Å². The Labute approximate surface area is 141 Å².